The molecule has 0 unspecified atom stereocenters. The SMILES string of the molecule is Cc1cc2ncc(CNc3cccc(C)c3C)cn2n1. The summed E-state index contributed by atoms with van der Waals surface area (Å²) in [6.07, 6.45) is 3.92. The third-order valence-electron chi connectivity index (χ3n) is 3.58. The molecule has 0 aliphatic heterocycles. The van der Waals surface area contributed by atoms with E-state index in [9.17, 15) is 0 Å². The van der Waals surface area contributed by atoms with E-state index in [4.69, 9.17) is 0 Å². The van der Waals surface area contributed by atoms with Crippen molar-refractivity contribution in [2.75, 3.05) is 5.32 Å². The monoisotopic (exact) mass is 266 g/mol. The summed E-state index contributed by atoms with van der Waals surface area (Å²) in [7, 11) is 0. The van der Waals surface area contributed by atoms with Crippen molar-refractivity contribution in [1.29, 1.82) is 0 Å². The summed E-state index contributed by atoms with van der Waals surface area (Å²) < 4.78 is 1.83. The number of anilines is 1. The maximum atomic E-state index is 4.41. The first kappa shape index (κ1) is 12.7. The molecule has 0 aliphatic rings. The van der Waals surface area contributed by atoms with Crippen molar-refractivity contribution in [2.24, 2.45) is 0 Å². The van der Waals surface area contributed by atoms with Crippen LogP contribution in [0.25, 0.3) is 5.65 Å². The molecular formula is C16H18N4. The van der Waals surface area contributed by atoms with E-state index in [2.05, 4.69) is 47.4 Å². The molecule has 2 aromatic heterocycles. The van der Waals surface area contributed by atoms with Crippen LogP contribution in [0.5, 0.6) is 0 Å². The third kappa shape index (κ3) is 2.37. The molecule has 4 nitrogen and oxygen atoms in total. The zero-order chi connectivity index (χ0) is 14.1. The minimum Gasteiger partial charge on any atom is -0.381 e. The Labute approximate surface area is 118 Å². The zero-order valence-electron chi connectivity index (χ0n) is 12.0. The predicted octanol–water partition coefficient (Wildman–Crippen LogP) is 3.27. The highest BCUT2D eigenvalue weighted by atomic mass is 15.2. The van der Waals surface area contributed by atoms with E-state index in [0.717, 1.165) is 23.4 Å². The Balaban J connectivity index is 1.81. The molecule has 4 heteroatoms. The molecule has 3 rings (SSSR count). The van der Waals surface area contributed by atoms with Gasteiger partial charge in [-0.1, -0.05) is 12.1 Å². The van der Waals surface area contributed by atoms with Gasteiger partial charge in [-0.3, -0.25) is 0 Å². The van der Waals surface area contributed by atoms with Crippen LogP contribution in [0, 0.1) is 20.8 Å². The largest absolute Gasteiger partial charge is 0.381 e. The van der Waals surface area contributed by atoms with Gasteiger partial charge >= 0.3 is 0 Å². The van der Waals surface area contributed by atoms with Crippen LogP contribution in [0.2, 0.25) is 0 Å². The second kappa shape index (κ2) is 4.96. The van der Waals surface area contributed by atoms with Gasteiger partial charge in [0.15, 0.2) is 5.65 Å². The predicted molar refractivity (Wildman–Crippen MR) is 81.0 cm³/mol. The van der Waals surface area contributed by atoms with E-state index < -0.39 is 0 Å². The number of nitrogens with one attached hydrogen (secondary N) is 1. The molecular weight excluding hydrogens is 248 g/mol. The number of hydrogen-bond acceptors (Lipinski definition) is 3. The summed E-state index contributed by atoms with van der Waals surface area (Å²) in [5.74, 6) is 0. The summed E-state index contributed by atoms with van der Waals surface area (Å²) >= 11 is 0. The summed E-state index contributed by atoms with van der Waals surface area (Å²) in [6, 6.07) is 8.28. The topological polar surface area (TPSA) is 42.2 Å². The Bertz CT molecular complexity index is 758. The fraction of sp³-hybridized carbons (Fsp3) is 0.250. The standard InChI is InChI=1S/C16H18N4/c1-11-5-4-6-15(13(11)3)17-8-14-9-18-16-7-12(2)19-20(16)10-14/h4-7,9-10,17H,8H2,1-3H3. The molecule has 1 aromatic carbocycles. The molecule has 0 saturated carbocycles. The van der Waals surface area contributed by atoms with E-state index in [1.165, 1.54) is 16.8 Å². The second-order valence-electron chi connectivity index (χ2n) is 5.15. The van der Waals surface area contributed by atoms with E-state index >= 15 is 0 Å². The number of aromatic nitrogens is 3. The fourth-order valence-corrected chi connectivity index (χ4v) is 2.27. The summed E-state index contributed by atoms with van der Waals surface area (Å²) in [6.45, 7) is 6.98. The molecule has 0 radical (unpaired) electrons. The van der Waals surface area contributed by atoms with Crippen LogP contribution in [0.1, 0.15) is 22.4 Å². The van der Waals surface area contributed by atoms with E-state index in [-0.39, 0.29) is 0 Å². The van der Waals surface area contributed by atoms with Crippen molar-refractivity contribution < 1.29 is 0 Å². The number of fused-ring (bicyclic) bond motifs is 1. The van der Waals surface area contributed by atoms with Gasteiger partial charge in [0.1, 0.15) is 0 Å². The molecule has 1 N–H and O–H groups in total. The van der Waals surface area contributed by atoms with E-state index in [0.29, 0.717) is 0 Å². The van der Waals surface area contributed by atoms with E-state index in [1.807, 2.05) is 29.9 Å². The number of aryl methyl sites for hydroxylation is 2. The lowest BCUT2D eigenvalue weighted by atomic mass is 10.1. The molecule has 0 aliphatic carbocycles. The van der Waals surface area contributed by atoms with Gasteiger partial charge in [0.25, 0.3) is 0 Å². The number of benzene rings is 1. The molecule has 3 aromatic rings. The minimum atomic E-state index is 0.742. The first-order chi connectivity index (χ1) is 9.63. The quantitative estimate of drug-likeness (QED) is 0.791. The molecule has 0 atom stereocenters. The van der Waals surface area contributed by atoms with Crippen molar-refractivity contribution >= 4 is 11.3 Å². The van der Waals surface area contributed by atoms with Gasteiger partial charge in [-0.15, -0.1) is 0 Å². The highest BCUT2D eigenvalue weighted by Gasteiger charge is 2.03. The lowest BCUT2D eigenvalue weighted by molar-refractivity contribution is 0.895. The minimum absolute atomic E-state index is 0.742. The van der Waals surface area contributed by atoms with Crippen LogP contribution in [0.3, 0.4) is 0 Å². The lowest BCUT2D eigenvalue weighted by Gasteiger charge is -2.11. The number of nitrogens with zero attached hydrogens (tertiary/aromatic N) is 3. The maximum absolute atomic E-state index is 4.41. The molecule has 0 spiro atoms. The summed E-state index contributed by atoms with van der Waals surface area (Å²) in [5.41, 5.74) is 6.74. The van der Waals surface area contributed by atoms with E-state index in [1.54, 1.807) is 0 Å². The first-order valence-electron chi connectivity index (χ1n) is 6.74. The van der Waals surface area contributed by atoms with Crippen LogP contribution in [0.15, 0.2) is 36.7 Å². The number of rotatable bonds is 3. The molecule has 2 heterocycles. The normalized spacial score (nSPS) is 10.9. The van der Waals surface area contributed by atoms with Gasteiger partial charge in [0, 0.05) is 36.3 Å². The molecule has 20 heavy (non-hydrogen) atoms. The van der Waals surface area contributed by atoms with Gasteiger partial charge in [0.2, 0.25) is 0 Å². The van der Waals surface area contributed by atoms with Gasteiger partial charge < -0.3 is 5.32 Å². The Morgan fingerprint density at radius 1 is 1.20 bits per heavy atom. The van der Waals surface area contributed by atoms with Gasteiger partial charge in [0.05, 0.1) is 5.69 Å². The van der Waals surface area contributed by atoms with Crippen molar-refractivity contribution in [3.63, 3.8) is 0 Å². The van der Waals surface area contributed by atoms with Crippen molar-refractivity contribution in [1.82, 2.24) is 14.6 Å². The third-order valence-corrected chi connectivity index (χ3v) is 3.58. The van der Waals surface area contributed by atoms with Gasteiger partial charge in [-0.05, 0) is 38.0 Å². The highest BCUT2D eigenvalue weighted by Crippen LogP contribution is 2.18. The molecule has 102 valence electrons. The Morgan fingerprint density at radius 3 is 2.90 bits per heavy atom. The molecule has 0 bridgehead atoms. The molecule has 0 fully saturated rings. The van der Waals surface area contributed by atoms with Crippen molar-refractivity contribution in [3.8, 4) is 0 Å². The highest BCUT2D eigenvalue weighted by molar-refractivity contribution is 5.54. The van der Waals surface area contributed by atoms with Gasteiger partial charge in [-0.25, -0.2) is 9.50 Å². The lowest BCUT2D eigenvalue weighted by Crippen LogP contribution is -2.04. The Kier molecular flexibility index (Phi) is 3.14. The summed E-state index contributed by atoms with van der Waals surface area (Å²) in [5, 5.41) is 7.85. The average molecular weight is 266 g/mol. The smallest absolute Gasteiger partial charge is 0.155 e. The average Bonchev–Trinajstić information content (AvgIpc) is 2.79. The Hall–Kier alpha value is -2.36. The van der Waals surface area contributed by atoms with Crippen LogP contribution in [0.4, 0.5) is 5.69 Å². The Morgan fingerprint density at radius 2 is 2.05 bits per heavy atom. The fourth-order valence-electron chi connectivity index (χ4n) is 2.27. The molecule has 0 amide bonds. The first-order valence-corrected chi connectivity index (χ1v) is 6.74. The van der Waals surface area contributed by atoms with Crippen LogP contribution >= 0.6 is 0 Å². The molecule has 0 saturated heterocycles. The van der Waals surface area contributed by atoms with Crippen LogP contribution < -0.4 is 5.32 Å². The van der Waals surface area contributed by atoms with Crippen LogP contribution in [-0.2, 0) is 6.54 Å². The summed E-state index contributed by atoms with van der Waals surface area (Å²) in [4.78, 5) is 4.41. The zero-order valence-corrected chi connectivity index (χ0v) is 12.0. The number of hydrogen-bond donors (Lipinski definition) is 1. The maximum Gasteiger partial charge on any atom is 0.155 e. The van der Waals surface area contributed by atoms with Crippen molar-refractivity contribution in [2.45, 2.75) is 27.3 Å². The second-order valence-corrected chi connectivity index (χ2v) is 5.15. The van der Waals surface area contributed by atoms with Crippen molar-refractivity contribution in [3.05, 3.63) is 59.0 Å². The van der Waals surface area contributed by atoms with Gasteiger partial charge in [-0.2, -0.15) is 5.10 Å². The van der Waals surface area contributed by atoms with Crippen LogP contribution in [-0.4, -0.2) is 14.6 Å².